The molecule has 3 fully saturated rings. The van der Waals surface area contributed by atoms with Crippen LogP contribution in [0, 0.1) is 17.3 Å². The van der Waals surface area contributed by atoms with Crippen LogP contribution in [0.3, 0.4) is 0 Å². The number of anilines is 1. The van der Waals surface area contributed by atoms with Gasteiger partial charge < -0.3 is 30.1 Å². The molecule has 3 aliphatic rings. The van der Waals surface area contributed by atoms with Crippen molar-refractivity contribution < 1.29 is 29.0 Å². The fraction of sp³-hybridized carbons (Fsp3) is 0.690. The van der Waals surface area contributed by atoms with Gasteiger partial charge in [0.05, 0.1) is 37.2 Å². The van der Waals surface area contributed by atoms with E-state index in [0.717, 1.165) is 6.42 Å². The molecule has 3 N–H and O–H groups in total. The third kappa shape index (κ3) is 5.57. The maximum Gasteiger partial charge on any atom is 0.246 e. The summed E-state index contributed by atoms with van der Waals surface area (Å²) in [5, 5.41) is 16.2. The molecule has 3 amide bonds. The lowest BCUT2D eigenvalue weighted by Crippen LogP contribution is -2.61. The molecule has 3 saturated heterocycles. The Bertz CT molecular complexity index is 1100. The van der Waals surface area contributed by atoms with E-state index in [1.54, 1.807) is 31.2 Å². The van der Waals surface area contributed by atoms with Gasteiger partial charge in [-0.1, -0.05) is 36.7 Å². The SMILES string of the molecule is CCOc1ccc(NC(=O)[C@H]2[C@@H]3OC4(CC3Br)C(C(=O)NC(C)(C)CC(C)(C)C)N([C@H](C)CO)C(=O)[C@H]24)cc1. The highest BCUT2D eigenvalue weighted by atomic mass is 79.9. The molecule has 1 spiro atoms. The molecule has 7 atom stereocenters. The van der Waals surface area contributed by atoms with E-state index in [0.29, 0.717) is 24.5 Å². The van der Waals surface area contributed by atoms with Gasteiger partial charge in [0.1, 0.15) is 17.4 Å². The highest BCUT2D eigenvalue weighted by molar-refractivity contribution is 9.09. The molecule has 4 rings (SSSR count). The van der Waals surface area contributed by atoms with E-state index >= 15 is 0 Å². The van der Waals surface area contributed by atoms with E-state index < -0.39 is 41.2 Å². The van der Waals surface area contributed by atoms with Gasteiger partial charge >= 0.3 is 0 Å². The van der Waals surface area contributed by atoms with Crippen LogP contribution in [0.15, 0.2) is 24.3 Å². The van der Waals surface area contributed by atoms with Gasteiger partial charge in [0, 0.05) is 16.1 Å². The van der Waals surface area contributed by atoms with Crippen LogP contribution in [0.5, 0.6) is 5.75 Å². The monoisotopic (exact) mass is 607 g/mol. The first-order valence-electron chi connectivity index (χ1n) is 13.7. The fourth-order valence-electron chi connectivity index (χ4n) is 7.03. The number of hydrogen-bond donors (Lipinski definition) is 3. The van der Waals surface area contributed by atoms with Crippen LogP contribution in [0.4, 0.5) is 5.69 Å². The van der Waals surface area contributed by atoms with Crippen LogP contribution in [-0.2, 0) is 19.1 Å². The minimum absolute atomic E-state index is 0.0332. The molecule has 9 nitrogen and oxygen atoms in total. The summed E-state index contributed by atoms with van der Waals surface area (Å²) >= 11 is 3.69. The number of aliphatic hydroxyl groups excluding tert-OH is 1. The molecular weight excluding hydrogens is 566 g/mol. The summed E-state index contributed by atoms with van der Waals surface area (Å²) in [4.78, 5) is 43.0. The Kier molecular flexibility index (Phi) is 8.15. The van der Waals surface area contributed by atoms with E-state index in [9.17, 15) is 19.5 Å². The summed E-state index contributed by atoms with van der Waals surface area (Å²) in [5.74, 6) is -1.93. The number of nitrogens with zero attached hydrogens (tertiary/aromatic N) is 1. The maximum atomic E-state index is 14.0. The summed E-state index contributed by atoms with van der Waals surface area (Å²) in [7, 11) is 0. The zero-order valence-electron chi connectivity index (χ0n) is 23.9. The van der Waals surface area contributed by atoms with Gasteiger partial charge in [-0.25, -0.2) is 0 Å². The number of likely N-dealkylation sites (tertiary alicyclic amines) is 1. The topological polar surface area (TPSA) is 117 Å². The van der Waals surface area contributed by atoms with Crippen molar-refractivity contribution in [1.29, 1.82) is 0 Å². The van der Waals surface area contributed by atoms with Gasteiger partial charge in [-0.3, -0.25) is 14.4 Å². The quantitative estimate of drug-likeness (QED) is 0.370. The van der Waals surface area contributed by atoms with Crippen LogP contribution in [-0.4, -0.2) is 75.1 Å². The summed E-state index contributed by atoms with van der Waals surface area (Å²) in [6, 6.07) is 5.47. The summed E-state index contributed by atoms with van der Waals surface area (Å²) < 4.78 is 12.0. The zero-order chi connectivity index (χ0) is 28.9. The van der Waals surface area contributed by atoms with Crippen molar-refractivity contribution >= 4 is 39.3 Å². The standard InChI is InChI=1S/C29H42BrN3O6/c1-8-38-18-11-9-17(10-12-18)31-24(35)20-21-26(37)33(16(2)14-34)23(29(21)13-19(30)22(20)39-29)25(36)32-28(6,7)15-27(3,4)5/h9-12,16,19-23,34H,8,13-15H2,1-7H3,(H,31,35)(H,32,36)/t16-,19?,20-,21+,22-,23?,29?/m1/s1. The molecule has 3 aliphatic heterocycles. The molecule has 1 aromatic carbocycles. The highest BCUT2D eigenvalue weighted by Crippen LogP contribution is 2.60. The third-order valence-corrected chi connectivity index (χ3v) is 8.73. The Morgan fingerprint density at radius 1 is 1.21 bits per heavy atom. The lowest BCUT2D eigenvalue weighted by atomic mass is 9.70. The Labute approximate surface area is 239 Å². The van der Waals surface area contributed by atoms with Crippen molar-refractivity contribution in [3.8, 4) is 5.75 Å². The van der Waals surface area contributed by atoms with Gasteiger partial charge in [-0.05, 0) is 70.2 Å². The number of rotatable bonds is 9. The van der Waals surface area contributed by atoms with Gasteiger partial charge in [-0.2, -0.15) is 0 Å². The van der Waals surface area contributed by atoms with E-state index in [1.807, 2.05) is 20.8 Å². The number of benzene rings is 1. The predicted octanol–water partition coefficient (Wildman–Crippen LogP) is 3.48. The minimum atomic E-state index is -1.18. The normalized spacial score (nSPS) is 30.7. The van der Waals surface area contributed by atoms with E-state index in [-0.39, 0.29) is 34.6 Å². The molecule has 0 aliphatic carbocycles. The fourth-order valence-corrected chi connectivity index (χ4v) is 7.97. The van der Waals surface area contributed by atoms with E-state index in [1.165, 1.54) is 4.90 Å². The van der Waals surface area contributed by atoms with Crippen LogP contribution < -0.4 is 15.4 Å². The largest absolute Gasteiger partial charge is 0.494 e. The number of carbonyl (C=O) groups is 3. The van der Waals surface area contributed by atoms with Crippen LogP contribution in [0.25, 0.3) is 0 Å². The van der Waals surface area contributed by atoms with Crippen LogP contribution in [0.2, 0.25) is 0 Å². The Hall–Kier alpha value is -2.17. The second-order valence-corrected chi connectivity index (χ2v) is 14.2. The molecule has 3 unspecified atom stereocenters. The molecule has 0 radical (unpaired) electrons. The number of amides is 3. The summed E-state index contributed by atoms with van der Waals surface area (Å²) in [5.41, 5.74) is -1.18. The first kappa shape index (κ1) is 29.8. The summed E-state index contributed by atoms with van der Waals surface area (Å²) in [6.45, 7) is 14.1. The third-order valence-electron chi connectivity index (χ3n) is 7.88. The van der Waals surface area contributed by atoms with Gasteiger partial charge in [0.15, 0.2) is 0 Å². The average molecular weight is 609 g/mol. The lowest BCUT2D eigenvalue weighted by Gasteiger charge is -2.39. The number of halogens is 1. The molecular formula is C29H42BrN3O6. The van der Waals surface area contributed by atoms with Gasteiger partial charge in [-0.15, -0.1) is 0 Å². The van der Waals surface area contributed by atoms with Crippen molar-refractivity contribution in [3.63, 3.8) is 0 Å². The molecule has 39 heavy (non-hydrogen) atoms. The minimum Gasteiger partial charge on any atom is -0.494 e. The van der Waals surface area contributed by atoms with Crippen molar-refractivity contribution in [2.75, 3.05) is 18.5 Å². The van der Waals surface area contributed by atoms with Crippen LogP contribution >= 0.6 is 15.9 Å². The zero-order valence-corrected chi connectivity index (χ0v) is 25.5. The molecule has 0 saturated carbocycles. The molecule has 216 valence electrons. The van der Waals surface area contributed by atoms with Gasteiger partial charge in [0.25, 0.3) is 0 Å². The summed E-state index contributed by atoms with van der Waals surface area (Å²) in [6.07, 6.45) is 0.565. The first-order valence-corrected chi connectivity index (χ1v) is 14.7. The van der Waals surface area contributed by atoms with Gasteiger partial charge in [0.2, 0.25) is 17.7 Å². The molecule has 0 aromatic heterocycles. The van der Waals surface area contributed by atoms with E-state index in [2.05, 4.69) is 47.3 Å². The highest BCUT2D eigenvalue weighted by Gasteiger charge is 2.77. The predicted molar refractivity (Wildman–Crippen MR) is 152 cm³/mol. The van der Waals surface area contributed by atoms with Crippen molar-refractivity contribution in [2.45, 2.75) is 95.5 Å². The Morgan fingerprint density at radius 2 is 1.85 bits per heavy atom. The number of alkyl halides is 1. The Balaban J connectivity index is 1.65. The number of ether oxygens (including phenoxy) is 2. The first-order chi connectivity index (χ1) is 18.1. The second kappa shape index (κ2) is 10.7. The number of carbonyl (C=O) groups excluding carboxylic acids is 3. The number of fused-ring (bicyclic) bond motifs is 1. The molecule has 3 heterocycles. The lowest BCUT2D eigenvalue weighted by molar-refractivity contribution is -0.145. The number of hydrogen-bond acceptors (Lipinski definition) is 6. The maximum absolute atomic E-state index is 14.0. The number of nitrogens with one attached hydrogen (secondary N) is 2. The molecule has 10 heteroatoms. The van der Waals surface area contributed by atoms with Crippen molar-refractivity contribution in [3.05, 3.63) is 24.3 Å². The smallest absolute Gasteiger partial charge is 0.246 e. The molecule has 1 aromatic rings. The van der Waals surface area contributed by atoms with Crippen molar-refractivity contribution in [2.24, 2.45) is 17.3 Å². The molecule has 2 bridgehead atoms. The van der Waals surface area contributed by atoms with Crippen molar-refractivity contribution in [1.82, 2.24) is 10.2 Å². The van der Waals surface area contributed by atoms with E-state index in [4.69, 9.17) is 9.47 Å². The van der Waals surface area contributed by atoms with Crippen LogP contribution in [0.1, 0.15) is 61.3 Å². The average Bonchev–Trinajstić information content (AvgIpc) is 3.41. The second-order valence-electron chi connectivity index (χ2n) is 13.0. The number of aliphatic hydroxyl groups is 1. The Morgan fingerprint density at radius 3 is 2.41 bits per heavy atom.